The molecule has 0 aromatic heterocycles. The van der Waals surface area contributed by atoms with Crippen molar-refractivity contribution in [3.63, 3.8) is 0 Å². The van der Waals surface area contributed by atoms with Gasteiger partial charge in [0.1, 0.15) is 6.10 Å². The summed E-state index contributed by atoms with van der Waals surface area (Å²) in [6.45, 7) is 0. The zero-order valence-electron chi connectivity index (χ0n) is 19.1. The fourth-order valence-electron chi connectivity index (χ4n) is 3.66. The normalized spacial score (nSPS) is 23.7. The van der Waals surface area contributed by atoms with Gasteiger partial charge >= 0.3 is 17.9 Å². The molecule has 196 valence electrons. The number of carboxylic acids is 1. The van der Waals surface area contributed by atoms with Crippen molar-refractivity contribution >= 4 is 30.1 Å². The molecule has 12 nitrogen and oxygen atoms in total. The molecule has 1 aliphatic carbocycles. The lowest BCUT2D eigenvalue weighted by Gasteiger charge is -2.40. The van der Waals surface area contributed by atoms with Crippen molar-refractivity contribution in [2.75, 3.05) is 0 Å². The van der Waals surface area contributed by atoms with E-state index in [1.54, 1.807) is 0 Å². The Morgan fingerprint density at radius 1 is 0.784 bits per heavy atom. The van der Waals surface area contributed by atoms with E-state index < -0.39 is 66.2 Å². The van der Waals surface area contributed by atoms with Crippen LogP contribution in [0.5, 0.6) is 23.0 Å². The first-order chi connectivity index (χ1) is 17.4. The number of aliphatic hydroxyl groups excluding tert-OH is 1. The molecule has 0 heterocycles. The number of aliphatic hydroxyl groups is 2. The molecule has 37 heavy (non-hydrogen) atoms. The summed E-state index contributed by atoms with van der Waals surface area (Å²) in [7, 11) is 0. The number of carbonyl (C=O) groups is 3. The van der Waals surface area contributed by atoms with Crippen LogP contribution in [0.3, 0.4) is 0 Å². The number of rotatable bonds is 7. The fraction of sp³-hybridized carbons (Fsp3) is 0.240. The predicted octanol–water partition coefficient (Wildman–Crippen LogP) is 1.03. The molecular formula is C25H24O12. The average Bonchev–Trinajstić information content (AvgIpc) is 2.82. The van der Waals surface area contributed by atoms with E-state index in [9.17, 15) is 50.1 Å². The second-order valence-corrected chi connectivity index (χ2v) is 8.35. The van der Waals surface area contributed by atoms with E-state index in [1.807, 2.05) is 0 Å². The van der Waals surface area contributed by atoms with Crippen LogP contribution >= 0.6 is 0 Å². The molecule has 0 spiro atoms. The third-order valence-corrected chi connectivity index (χ3v) is 5.57. The highest BCUT2D eigenvalue weighted by Gasteiger charge is 2.52. The zero-order chi connectivity index (χ0) is 27.3. The van der Waals surface area contributed by atoms with Crippen molar-refractivity contribution < 1.29 is 59.6 Å². The predicted molar refractivity (Wildman–Crippen MR) is 125 cm³/mol. The molecule has 12 heteroatoms. The summed E-state index contributed by atoms with van der Waals surface area (Å²) < 4.78 is 10.4. The van der Waals surface area contributed by atoms with Crippen molar-refractivity contribution in [1.82, 2.24) is 0 Å². The lowest BCUT2D eigenvalue weighted by Crippen LogP contribution is -2.58. The van der Waals surface area contributed by atoms with Crippen LogP contribution in [0.1, 0.15) is 24.0 Å². The molecule has 1 unspecified atom stereocenters. The number of aliphatic carboxylic acids is 1. The highest BCUT2D eigenvalue weighted by molar-refractivity contribution is 5.88. The van der Waals surface area contributed by atoms with Crippen LogP contribution in [-0.2, 0) is 23.9 Å². The Kier molecular flexibility index (Phi) is 8.05. The Morgan fingerprint density at radius 3 is 1.73 bits per heavy atom. The van der Waals surface area contributed by atoms with Crippen LogP contribution in [0, 0.1) is 0 Å². The number of benzene rings is 2. The molecule has 1 saturated carbocycles. The molecule has 2 aromatic carbocycles. The van der Waals surface area contributed by atoms with Gasteiger partial charge in [-0.25, -0.2) is 14.4 Å². The van der Waals surface area contributed by atoms with Crippen molar-refractivity contribution in [1.29, 1.82) is 0 Å². The van der Waals surface area contributed by atoms with E-state index in [1.165, 1.54) is 42.5 Å². The highest BCUT2D eigenvalue weighted by atomic mass is 16.6. The zero-order valence-corrected chi connectivity index (χ0v) is 19.1. The minimum Gasteiger partial charge on any atom is -0.504 e. The molecule has 3 rings (SSSR count). The first-order valence-electron chi connectivity index (χ1n) is 10.8. The first-order valence-corrected chi connectivity index (χ1v) is 10.8. The van der Waals surface area contributed by atoms with E-state index in [2.05, 4.69) is 0 Å². The maximum atomic E-state index is 12.4. The Morgan fingerprint density at radius 2 is 1.27 bits per heavy atom. The third kappa shape index (κ3) is 6.78. The van der Waals surface area contributed by atoms with Crippen molar-refractivity contribution in [2.45, 2.75) is 36.8 Å². The third-order valence-electron chi connectivity index (χ3n) is 5.57. The monoisotopic (exact) mass is 516 g/mol. The molecule has 1 aliphatic rings. The number of phenolic OH excluding ortho intramolecular Hbond substituents is 4. The van der Waals surface area contributed by atoms with Crippen LogP contribution in [0.25, 0.3) is 12.2 Å². The van der Waals surface area contributed by atoms with Crippen LogP contribution in [0.15, 0.2) is 48.6 Å². The number of phenols is 4. The SMILES string of the molecule is O=C(/C=C/c1ccc(O)c(O)c1)O[C@@H]1C(O)C[C@@](O)(C(=O)O)C[C@H]1OC(=O)/C=C/c1ccc(O)c(O)c1. The summed E-state index contributed by atoms with van der Waals surface area (Å²) in [6.07, 6.45) is -1.86. The van der Waals surface area contributed by atoms with Gasteiger partial charge in [-0.3, -0.25) is 0 Å². The minimum absolute atomic E-state index is 0.311. The molecule has 0 saturated heterocycles. The summed E-state index contributed by atoms with van der Waals surface area (Å²) >= 11 is 0. The maximum Gasteiger partial charge on any atom is 0.335 e. The van der Waals surface area contributed by atoms with Gasteiger partial charge in [-0.1, -0.05) is 12.1 Å². The summed E-state index contributed by atoms with van der Waals surface area (Å²) in [5.74, 6) is -5.29. The average molecular weight is 516 g/mol. The smallest absolute Gasteiger partial charge is 0.335 e. The molecular weight excluding hydrogens is 492 g/mol. The number of hydrogen-bond acceptors (Lipinski definition) is 11. The van der Waals surface area contributed by atoms with Gasteiger partial charge in [-0.15, -0.1) is 0 Å². The van der Waals surface area contributed by atoms with Gasteiger partial charge in [0.15, 0.2) is 34.7 Å². The van der Waals surface area contributed by atoms with Crippen LogP contribution in [0.4, 0.5) is 0 Å². The summed E-state index contributed by atoms with van der Waals surface area (Å²) in [4.78, 5) is 36.3. The quantitative estimate of drug-likeness (QED) is 0.156. The van der Waals surface area contributed by atoms with Gasteiger partial charge in [-0.05, 0) is 47.5 Å². The summed E-state index contributed by atoms with van der Waals surface area (Å²) in [6, 6.07) is 7.50. The first kappa shape index (κ1) is 27.0. The lowest BCUT2D eigenvalue weighted by atomic mass is 9.79. The fourth-order valence-corrected chi connectivity index (χ4v) is 3.66. The van der Waals surface area contributed by atoms with E-state index in [0.29, 0.717) is 11.1 Å². The Labute approximate surface area is 209 Å². The largest absolute Gasteiger partial charge is 0.504 e. The Bertz CT molecular complexity index is 1250. The summed E-state index contributed by atoms with van der Waals surface area (Å²) in [5.41, 5.74) is -1.82. The maximum absolute atomic E-state index is 12.4. The van der Waals surface area contributed by atoms with E-state index in [4.69, 9.17) is 9.47 Å². The van der Waals surface area contributed by atoms with Crippen LogP contribution in [-0.4, -0.2) is 77.6 Å². The molecule has 0 amide bonds. The Hall–Kier alpha value is -4.55. The van der Waals surface area contributed by atoms with Gasteiger partial charge in [0, 0.05) is 25.0 Å². The van der Waals surface area contributed by atoms with E-state index in [-0.39, 0.29) is 11.5 Å². The van der Waals surface area contributed by atoms with Crippen LogP contribution < -0.4 is 0 Å². The molecule has 7 N–H and O–H groups in total. The number of carboxylic acid groups (broad SMARTS) is 1. The van der Waals surface area contributed by atoms with Crippen molar-refractivity contribution in [3.8, 4) is 23.0 Å². The molecule has 0 radical (unpaired) electrons. The number of esters is 2. The number of ether oxygens (including phenoxy) is 2. The number of carbonyl (C=O) groups excluding carboxylic acids is 2. The van der Waals surface area contributed by atoms with Crippen molar-refractivity contribution in [3.05, 3.63) is 59.7 Å². The van der Waals surface area contributed by atoms with Crippen LogP contribution in [0.2, 0.25) is 0 Å². The topological polar surface area (TPSA) is 211 Å². The van der Waals surface area contributed by atoms with E-state index in [0.717, 1.165) is 18.2 Å². The summed E-state index contributed by atoms with van der Waals surface area (Å²) in [5, 5.41) is 68.0. The van der Waals surface area contributed by atoms with Gasteiger partial charge in [-0.2, -0.15) is 0 Å². The molecule has 2 aromatic rings. The van der Waals surface area contributed by atoms with Gasteiger partial charge < -0.3 is 45.2 Å². The molecule has 0 aliphatic heterocycles. The second-order valence-electron chi connectivity index (χ2n) is 8.35. The lowest BCUT2D eigenvalue weighted by molar-refractivity contribution is -0.204. The van der Waals surface area contributed by atoms with Gasteiger partial charge in [0.05, 0.1) is 6.10 Å². The molecule has 1 fully saturated rings. The molecule has 0 bridgehead atoms. The van der Waals surface area contributed by atoms with Gasteiger partial charge in [0.2, 0.25) is 0 Å². The second kappa shape index (κ2) is 11.0. The minimum atomic E-state index is -2.46. The number of aromatic hydroxyl groups is 4. The van der Waals surface area contributed by atoms with Gasteiger partial charge in [0.25, 0.3) is 0 Å². The Balaban J connectivity index is 1.75. The highest BCUT2D eigenvalue weighted by Crippen LogP contribution is 2.33. The molecule has 4 atom stereocenters. The number of hydrogen-bond donors (Lipinski definition) is 7. The van der Waals surface area contributed by atoms with Crippen molar-refractivity contribution in [2.24, 2.45) is 0 Å². The van der Waals surface area contributed by atoms with E-state index >= 15 is 0 Å². The standard InChI is InChI=1S/C25H24O12/c26-15-5-1-13(9-17(15)28)3-7-21(31)36-20-12-25(35,24(33)34)11-19(30)23(20)37-22(32)8-4-14-2-6-16(27)18(29)10-14/h1-10,19-20,23,26-30,35H,11-12H2,(H,33,34)/b7-3+,8-4+/t19?,20-,23-,25+/m1/s1.